The number of carbonyl (C=O) groups excluding carboxylic acids is 1. The van der Waals surface area contributed by atoms with Crippen molar-refractivity contribution < 1.29 is 32.9 Å². The van der Waals surface area contributed by atoms with E-state index in [2.05, 4.69) is 30.0 Å². The molecule has 3 fully saturated rings. The minimum Gasteiger partial charge on any atom is -0.388 e. The number of aliphatic hydroxyl groups is 2. The molecule has 0 saturated carbocycles. The summed E-state index contributed by atoms with van der Waals surface area (Å²) in [6, 6.07) is -0.355. The number of halogens is 3. The molecule has 0 bridgehead atoms. The zero-order valence-corrected chi connectivity index (χ0v) is 20.0. The number of alkyl halides is 3. The maximum absolute atomic E-state index is 12.9. The summed E-state index contributed by atoms with van der Waals surface area (Å²) in [5.74, 6) is -0.453. The van der Waals surface area contributed by atoms with Gasteiger partial charge in [0.25, 0.3) is 0 Å². The highest BCUT2D eigenvalue weighted by atomic mass is 19.4. The van der Waals surface area contributed by atoms with E-state index >= 15 is 0 Å². The number of piperazine rings is 1. The lowest BCUT2D eigenvalue weighted by molar-refractivity contribution is -0.148. The van der Waals surface area contributed by atoms with Crippen molar-refractivity contribution in [1.82, 2.24) is 24.7 Å². The third-order valence-corrected chi connectivity index (χ3v) is 7.19. The maximum Gasteiger partial charge on any atom is 0.434 e. The number of primary amides is 1. The van der Waals surface area contributed by atoms with Crippen LogP contribution in [-0.4, -0.2) is 130 Å². The molecule has 3 saturated heterocycles. The van der Waals surface area contributed by atoms with Crippen LogP contribution >= 0.6 is 0 Å². The van der Waals surface area contributed by atoms with Crippen LogP contribution in [0, 0.1) is 0 Å². The standard InChI is InChI=1S/C22H34F3N7O4/c23-22(24,25)17-9-27-10-19(29-17)28-15-13-36-16(21(35)20(15)34)11-31-5-7-32(8-6-31)14-1-3-30(4-2-14)12-18(26)33/h9-10,14-16,20-21,34-35H,1-8,11-13H2,(H2,26,33)(H,28,29)/t15-,16+,20+,21-/m0/s1. The molecule has 1 amide bonds. The third-order valence-electron chi connectivity index (χ3n) is 7.19. The molecule has 1 aromatic rings. The minimum atomic E-state index is -4.64. The fourth-order valence-corrected chi connectivity index (χ4v) is 5.16. The number of hydrogen-bond donors (Lipinski definition) is 4. The number of nitrogens with zero attached hydrogens (tertiary/aromatic N) is 5. The number of nitrogens with one attached hydrogen (secondary N) is 1. The van der Waals surface area contributed by atoms with Crippen LogP contribution in [0.25, 0.3) is 0 Å². The van der Waals surface area contributed by atoms with Crippen molar-refractivity contribution in [2.45, 2.75) is 49.4 Å². The van der Waals surface area contributed by atoms with Gasteiger partial charge in [-0.1, -0.05) is 0 Å². The van der Waals surface area contributed by atoms with Gasteiger partial charge in [-0.25, -0.2) is 4.98 Å². The van der Waals surface area contributed by atoms with Gasteiger partial charge >= 0.3 is 6.18 Å². The number of aliphatic hydroxyl groups excluding tert-OH is 2. The first kappa shape index (κ1) is 26.9. The van der Waals surface area contributed by atoms with Gasteiger partial charge in [-0.15, -0.1) is 0 Å². The van der Waals surface area contributed by atoms with Gasteiger partial charge in [-0.2, -0.15) is 13.2 Å². The molecule has 3 aliphatic heterocycles. The molecule has 5 N–H and O–H groups in total. The van der Waals surface area contributed by atoms with Crippen molar-refractivity contribution in [3.63, 3.8) is 0 Å². The first-order valence-corrected chi connectivity index (χ1v) is 12.2. The molecular formula is C22H34F3N7O4. The number of hydrogen-bond acceptors (Lipinski definition) is 10. The summed E-state index contributed by atoms with van der Waals surface area (Å²) in [6.07, 6.45) is -3.96. The van der Waals surface area contributed by atoms with E-state index in [0.29, 0.717) is 25.3 Å². The van der Waals surface area contributed by atoms with E-state index in [0.717, 1.165) is 58.3 Å². The van der Waals surface area contributed by atoms with Crippen LogP contribution in [0.4, 0.5) is 19.0 Å². The molecule has 4 heterocycles. The number of carbonyl (C=O) groups is 1. The quantitative estimate of drug-likeness (QED) is 0.355. The predicted molar refractivity (Wildman–Crippen MR) is 123 cm³/mol. The van der Waals surface area contributed by atoms with Crippen molar-refractivity contribution >= 4 is 11.7 Å². The SMILES string of the molecule is NC(=O)CN1CCC(N2CCN(C[C@H]3OC[C@H](Nc4cncc(C(F)(F)F)n4)[C@@H](O)[C@H]3O)CC2)CC1. The predicted octanol–water partition coefficient (Wildman–Crippen LogP) is -1.04. The Labute approximate surface area is 207 Å². The van der Waals surface area contributed by atoms with Crippen molar-refractivity contribution in [3.8, 4) is 0 Å². The van der Waals surface area contributed by atoms with Crippen LogP contribution < -0.4 is 11.1 Å². The summed E-state index contributed by atoms with van der Waals surface area (Å²) in [6.45, 7) is 5.82. The molecule has 36 heavy (non-hydrogen) atoms. The Morgan fingerprint density at radius 2 is 1.78 bits per heavy atom. The summed E-state index contributed by atoms with van der Waals surface area (Å²) in [4.78, 5) is 24.9. The lowest BCUT2D eigenvalue weighted by atomic mass is 9.97. The number of ether oxygens (including phenoxy) is 1. The Kier molecular flexibility index (Phi) is 8.63. The average molecular weight is 518 g/mol. The van der Waals surface area contributed by atoms with E-state index in [4.69, 9.17) is 10.5 Å². The Balaban J connectivity index is 1.21. The van der Waals surface area contributed by atoms with Gasteiger partial charge in [0.2, 0.25) is 5.91 Å². The van der Waals surface area contributed by atoms with Gasteiger partial charge in [-0.05, 0) is 12.8 Å². The molecule has 202 valence electrons. The Morgan fingerprint density at radius 3 is 2.42 bits per heavy atom. The normalized spacial score (nSPS) is 29.8. The second-order valence-corrected chi connectivity index (χ2v) is 9.70. The number of nitrogens with two attached hydrogens (primary N) is 1. The smallest absolute Gasteiger partial charge is 0.388 e. The first-order valence-electron chi connectivity index (χ1n) is 12.2. The number of likely N-dealkylation sites (tertiary alicyclic amines) is 1. The summed E-state index contributed by atoms with van der Waals surface area (Å²) >= 11 is 0. The van der Waals surface area contributed by atoms with E-state index in [1.54, 1.807) is 0 Å². The molecular weight excluding hydrogens is 483 g/mol. The van der Waals surface area contributed by atoms with Gasteiger partial charge < -0.3 is 26.0 Å². The van der Waals surface area contributed by atoms with E-state index in [1.165, 1.54) is 0 Å². The summed E-state index contributed by atoms with van der Waals surface area (Å²) < 4.78 is 44.4. The van der Waals surface area contributed by atoms with Crippen LogP contribution in [0.1, 0.15) is 18.5 Å². The van der Waals surface area contributed by atoms with Gasteiger partial charge in [0.1, 0.15) is 18.0 Å². The van der Waals surface area contributed by atoms with Crippen LogP contribution in [-0.2, 0) is 15.7 Å². The zero-order valence-electron chi connectivity index (χ0n) is 20.0. The molecule has 4 rings (SSSR count). The minimum absolute atomic E-state index is 0.00462. The van der Waals surface area contributed by atoms with Crippen LogP contribution in [0.15, 0.2) is 12.4 Å². The van der Waals surface area contributed by atoms with Gasteiger partial charge in [-0.3, -0.25) is 24.5 Å². The lowest BCUT2D eigenvalue weighted by Gasteiger charge is -2.44. The van der Waals surface area contributed by atoms with E-state index in [9.17, 15) is 28.2 Å². The molecule has 14 heteroatoms. The van der Waals surface area contributed by atoms with Crippen molar-refractivity contribution in [2.75, 3.05) is 64.3 Å². The molecule has 0 radical (unpaired) electrons. The lowest BCUT2D eigenvalue weighted by Crippen LogP contribution is -2.60. The fourth-order valence-electron chi connectivity index (χ4n) is 5.16. The van der Waals surface area contributed by atoms with Crippen molar-refractivity contribution in [2.24, 2.45) is 5.73 Å². The Hall–Kier alpha value is -2.10. The highest BCUT2D eigenvalue weighted by Crippen LogP contribution is 2.28. The monoisotopic (exact) mass is 517 g/mol. The summed E-state index contributed by atoms with van der Waals surface area (Å²) in [5.41, 5.74) is 4.14. The van der Waals surface area contributed by atoms with Crippen molar-refractivity contribution in [1.29, 1.82) is 0 Å². The number of anilines is 1. The first-order chi connectivity index (χ1) is 17.1. The highest BCUT2D eigenvalue weighted by molar-refractivity contribution is 5.75. The number of rotatable bonds is 7. The topological polar surface area (TPSA) is 140 Å². The molecule has 3 aliphatic rings. The number of piperidine rings is 1. The molecule has 11 nitrogen and oxygen atoms in total. The van der Waals surface area contributed by atoms with E-state index in [-0.39, 0.29) is 18.3 Å². The Bertz CT molecular complexity index is 879. The number of aromatic nitrogens is 2. The largest absolute Gasteiger partial charge is 0.434 e. The van der Waals surface area contributed by atoms with E-state index < -0.39 is 36.2 Å². The zero-order chi connectivity index (χ0) is 25.9. The van der Waals surface area contributed by atoms with Gasteiger partial charge in [0, 0.05) is 51.9 Å². The average Bonchev–Trinajstić information content (AvgIpc) is 2.84. The molecule has 4 atom stereocenters. The molecule has 0 spiro atoms. The second-order valence-electron chi connectivity index (χ2n) is 9.70. The summed E-state index contributed by atoms with van der Waals surface area (Å²) in [7, 11) is 0. The molecule has 1 aromatic heterocycles. The fraction of sp³-hybridized carbons (Fsp3) is 0.773. The Morgan fingerprint density at radius 1 is 1.08 bits per heavy atom. The summed E-state index contributed by atoms with van der Waals surface area (Å²) in [5, 5.41) is 23.9. The molecule has 0 unspecified atom stereocenters. The van der Waals surface area contributed by atoms with Crippen LogP contribution in [0.3, 0.4) is 0 Å². The third kappa shape index (κ3) is 6.81. The van der Waals surface area contributed by atoms with Crippen LogP contribution in [0.2, 0.25) is 0 Å². The molecule has 0 aliphatic carbocycles. The van der Waals surface area contributed by atoms with Gasteiger partial charge in [0.15, 0.2) is 5.69 Å². The molecule has 0 aromatic carbocycles. The number of amides is 1. The van der Waals surface area contributed by atoms with E-state index in [1.807, 2.05) is 0 Å². The van der Waals surface area contributed by atoms with Crippen molar-refractivity contribution in [3.05, 3.63) is 18.1 Å². The van der Waals surface area contributed by atoms with Gasteiger partial charge in [0.05, 0.1) is 37.7 Å². The highest BCUT2D eigenvalue weighted by Gasteiger charge is 2.40. The van der Waals surface area contributed by atoms with Crippen LogP contribution in [0.5, 0.6) is 0 Å². The second kappa shape index (κ2) is 11.5. The maximum atomic E-state index is 12.9.